The van der Waals surface area contributed by atoms with Crippen LogP contribution in [0.1, 0.15) is 54.4 Å². The van der Waals surface area contributed by atoms with Crippen molar-refractivity contribution in [3.63, 3.8) is 0 Å². The summed E-state index contributed by atoms with van der Waals surface area (Å²) in [5.41, 5.74) is 1.83. The smallest absolute Gasteiger partial charge is 0.253 e. The van der Waals surface area contributed by atoms with Crippen molar-refractivity contribution in [3.8, 4) is 11.5 Å². The average molecular weight is 421 g/mol. The Labute approximate surface area is 182 Å². The highest BCUT2D eigenvalue weighted by Gasteiger charge is 2.49. The number of likely N-dealkylation sites (tertiary alicyclic amines) is 1. The first kappa shape index (κ1) is 19.9. The van der Waals surface area contributed by atoms with Crippen molar-refractivity contribution >= 4 is 17.5 Å². The van der Waals surface area contributed by atoms with Crippen LogP contribution >= 0.6 is 0 Å². The van der Waals surface area contributed by atoms with Gasteiger partial charge in [0, 0.05) is 30.4 Å². The normalized spacial score (nSPS) is 19.9. The molecule has 31 heavy (non-hydrogen) atoms. The Morgan fingerprint density at radius 3 is 2.45 bits per heavy atom. The molecular weight excluding hydrogens is 392 g/mol. The number of nitrogens with zero attached hydrogens (tertiary/aromatic N) is 1. The molecule has 0 bridgehead atoms. The van der Waals surface area contributed by atoms with Gasteiger partial charge in [0.2, 0.25) is 5.91 Å². The fourth-order valence-electron chi connectivity index (χ4n) is 5.21. The Hall–Kier alpha value is -3.02. The minimum Gasteiger partial charge on any atom is -0.493 e. The quantitative estimate of drug-likeness (QED) is 0.807. The fourth-order valence-corrected chi connectivity index (χ4v) is 5.21. The van der Waals surface area contributed by atoms with Crippen molar-refractivity contribution in [2.24, 2.45) is 0 Å². The van der Waals surface area contributed by atoms with Crippen LogP contribution in [0.2, 0.25) is 0 Å². The van der Waals surface area contributed by atoms with E-state index < -0.39 is 5.41 Å². The Morgan fingerprint density at radius 2 is 1.77 bits per heavy atom. The summed E-state index contributed by atoms with van der Waals surface area (Å²) in [7, 11) is 1.64. The maximum absolute atomic E-state index is 13.1. The molecule has 2 aromatic carbocycles. The third-order valence-electron chi connectivity index (χ3n) is 7.02. The van der Waals surface area contributed by atoms with Gasteiger partial charge in [0.25, 0.3) is 5.91 Å². The lowest BCUT2D eigenvalue weighted by Gasteiger charge is -2.38. The van der Waals surface area contributed by atoms with Crippen LogP contribution in [0.15, 0.2) is 42.5 Å². The summed E-state index contributed by atoms with van der Waals surface area (Å²) in [5.74, 6) is 1.40. The molecule has 2 fully saturated rings. The van der Waals surface area contributed by atoms with Crippen LogP contribution in [0.4, 0.5) is 5.69 Å². The fraction of sp³-hybridized carbons (Fsp3) is 0.440. The van der Waals surface area contributed by atoms with Gasteiger partial charge in [-0.15, -0.1) is 0 Å². The Morgan fingerprint density at radius 1 is 1.06 bits per heavy atom. The molecule has 0 atom stereocenters. The largest absolute Gasteiger partial charge is 0.493 e. The lowest BCUT2D eigenvalue weighted by molar-refractivity contribution is -0.122. The number of hydrogen-bond donors (Lipinski definition) is 1. The number of carbonyl (C=O) groups excluding carboxylic acids is 2. The summed E-state index contributed by atoms with van der Waals surface area (Å²) in [4.78, 5) is 27.8. The van der Waals surface area contributed by atoms with Gasteiger partial charge >= 0.3 is 0 Å². The van der Waals surface area contributed by atoms with Gasteiger partial charge in [0.05, 0.1) is 18.6 Å². The number of piperidine rings is 1. The Balaban J connectivity index is 1.38. The van der Waals surface area contributed by atoms with Crippen LogP contribution < -0.4 is 14.8 Å². The van der Waals surface area contributed by atoms with E-state index >= 15 is 0 Å². The second kappa shape index (κ2) is 7.91. The highest BCUT2D eigenvalue weighted by molar-refractivity contribution is 6.07. The van der Waals surface area contributed by atoms with Gasteiger partial charge in [0.1, 0.15) is 0 Å². The maximum atomic E-state index is 13.1. The molecule has 2 heterocycles. The topological polar surface area (TPSA) is 67.9 Å². The van der Waals surface area contributed by atoms with E-state index in [9.17, 15) is 9.59 Å². The van der Waals surface area contributed by atoms with Crippen molar-refractivity contribution in [3.05, 3.63) is 53.6 Å². The van der Waals surface area contributed by atoms with Gasteiger partial charge in [-0.3, -0.25) is 9.59 Å². The summed E-state index contributed by atoms with van der Waals surface area (Å²) < 4.78 is 11.8. The molecule has 0 radical (unpaired) electrons. The van der Waals surface area contributed by atoms with Crippen molar-refractivity contribution in [2.75, 3.05) is 25.5 Å². The van der Waals surface area contributed by atoms with Crippen molar-refractivity contribution < 1.29 is 19.1 Å². The van der Waals surface area contributed by atoms with E-state index in [4.69, 9.17) is 9.47 Å². The van der Waals surface area contributed by atoms with Crippen LogP contribution in [-0.2, 0) is 10.2 Å². The molecule has 162 valence electrons. The number of hydrogen-bond acceptors (Lipinski definition) is 4. The Bertz CT molecular complexity index is 990. The van der Waals surface area contributed by atoms with Crippen LogP contribution in [0, 0.1) is 0 Å². The van der Waals surface area contributed by atoms with E-state index in [-0.39, 0.29) is 17.9 Å². The first-order chi connectivity index (χ1) is 15.1. The number of rotatable bonds is 4. The number of nitrogens with one attached hydrogen (secondary N) is 1. The second-order valence-corrected chi connectivity index (χ2v) is 8.77. The van der Waals surface area contributed by atoms with Crippen LogP contribution in [0.25, 0.3) is 0 Å². The number of benzene rings is 2. The number of ether oxygens (including phenoxy) is 2. The number of fused-ring (bicyclic) bond motifs is 2. The van der Waals surface area contributed by atoms with Crippen molar-refractivity contribution in [1.29, 1.82) is 0 Å². The number of amides is 2. The molecular formula is C25H28N2O4. The molecule has 0 unspecified atom stereocenters. The molecule has 1 saturated carbocycles. The molecule has 1 spiro atoms. The number of methoxy groups -OCH3 is 1. The zero-order valence-corrected chi connectivity index (χ0v) is 17.9. The predicted octanol–water partition coefficient (Wildman–Crippen LogP) is 4.14. The van der Waals surface area contributed by atoms with E-state index in [0.29, 0.717) is 43.0 Å². The zero-order chi connectivity index (χ0) is 21.4. The third-order valence-corrected chi connectivity index (χ3v) is 7.02. The Kier molecular flexibility index (Phi) is 5.08. The van der Waals surface area contributed by atoms with Crippen LogP contribution in [-0.4, -0.2) is 43.0 Å². The molecule has 1 aliphatic carbocycles. The van der Waals surface area contributed by atoms with Crippen LogP contribution in [0.5, 0.6) is 11.5 Å². The standard InChI is InChI=1S/C25H28N2O4/c1-30-21-15-19-20(16-22(21)31-18-9-5-6-10-18)26-24(29)25(19)11-13-27(14-12-25)23(28)17-7-3-2-4-8-17/h2-4,7-8,15-16,18H,5-6,9-14H2,1H3,(H,26,29). The zero-order valence-electron chi connectivity index (χ0n) is 17.9. The molecule has 2 aromatic rings. The minimum absolute atomic E-state index is 0.00868. The van der Waals surface area contributed by atoms with E-state index in [1.807, 2.05) is 47.4 Å². The van der Waals surface area contributed by atoms with Gasteiger partial charge in [-0.2, -0.15) is 0 Å². The molecule has 5 rings (SSSR count). The van der Waals surface area contributed by atoms with Gasteiger partial charge in [0.15, 0.2) is 11.5 Å². The van der Waals surface area contributed by atoms with E-state index in [2.05, 4.69) is 5.32 Å². The molecule has 2 aliphatic heterocycles. The van der Waals surface area contributed by atoms with Crippen molar-refractivity contribution in [2.45, 2.75) is 50.0 Å². The average Bonchev–Trinajstić information content (AvgIpc) is 3.40. The third kappa shape index (κ3) is 3.44. The summed E-state index contributed by atoms with van der Waals surface area (Å²) in [5, 5.41) is 3.07. The lowest BCUT2D eigenvalue weighted by atomic mass is 9.73. The van der Waals surface area contributed by atoms with Gasteiger partial charge in [-0.1, -0.05) is 18.2 Å². The first-order valence-electron chi connectivity index (χ1n) is 11.2. The van der Waals surface area contributed by atoms with E-state index in [1.54, 1.807) is 7.11 Å². The highest BCUT2D eigenvalue weighted by Crippen LogP contribution is 2.49. The van der Waals surface area contributed by atoms with Gasteiger partial charge < -0.3 is 19.7 Å². The summed E-state index contributed by atoms with van der Waals surface area (Å²) in [6, 6.07) is 13.2. The lowest BCUT2D eigenvalue weighted by Crippen LogP contribution is -2.48. The monoisotopic (exact) mass is 420 g/mol. The maximum Gasteiger partial charge on any atom is 0.253 e. The highest BCUT2D eigenvalue weighted by atomic mass is 16.5. The van der Waals surface area contributed by atoms with E-state index in [0.717, 1.165) is 24.1 Å². The van der Waals surface area contributed by atoms with Crippen LogP contribution in [0.3, 0.4) is 0 Å². The molecule has 0 aromatic heterocycles. The predicted molar refractivity (Wildman–Crippen MR) is 118 cm³/mol. The van der Waals surface area contributed by atoms with Gasteiger partial charge in [-0.25, -0.2) is 0 Å². The van der Waals surface area contributed by atoms with Crippen molar-refractivity contribution in [1.82, 2.24) is 4.90 Å². The van der Waals surface area contributed by atoms with Gasteiger partial charge in [-0.05, 0) is 62.3 Å². The molecule has 1 N–H and O–H groups in total. The number of carbonyl (C=O) groups is 2. The second-order valence-electron chi connectivity index (χ2n) is 8.77. The summed E-state index contributed by atoms with van der Waals surface area (Å²) in [6.07, 6.45) is 5.90. The summed E-state index contributed by atoms with van der Waals surface area (Å²) >= 11 is 0. The number of anilines is 1. The molecule has 3 aliphatic rings. The molecule has 6 heteroatoms. The SMILES string of the molecule is COc1cc2c(cc1OC1CCCC1)NC(=O)C21CCN(C(=O)c2ccccc2)CC1. The summed E-state index contributed by atoms with van der Waals surface area (Å²) in [6.45, 7) is 1.09. The molecule has 1 saturated heterocycles. The first-order valence-corrected chi connectivity index (χ1v) is 11.2. The molecule has 2 amide bonds. The van der Waals surface area contributed by atoms with E-state index in [1.165, 1.54) is 12.8 Å². The molecule has 6 nitrogen and oxygen atoms in total. The minimum atomic E-state index is -0.623.